The number of rotatable bonds is 5. The Balaban J connectivity index is 1.77. The van der Waals surface area contributed by atoms with Crippen molar-refractivity contribution in [3.8, 4) is 5.75 Å². The molecule has 4 rings (SSSR count). The van der Waals surface area contributed by atoms with Gasteiger partial charge in [-0.3, -0.25) is 4.90 Å². The average Bonchev–Trinajstić information content (AvgIpc) is 3.10. The van der Waals surface area contributed by atoms with Crippen LogP contribution in [0.15, 0.2) is 30.0 Å². The van der Waals surface area contributed by atoms with Crippen LogP contribution >= 0.6 is 0 Å². The van der Waals surface area contributed by atoms with Crippen molar-refractivity contribution < 1.29 is 19.4 Å². The van der Waals surface area contributed by atoms with Crippen molar-refractivity contribution in [2.24, 2.45) is 11.8 Å². The SMILES string of the molecule is CC[C@@H]1CN2CCc3c([nH]c4cccc(OC)c34)C2C[C@@H]1/C(=C\OC)C(=O)O. The minimum Gasteiger partial charge on any atom is -0.504 e. The van der Waals surface area contributed by atoms with E-state index in [1.165, 1.54) is 30.0 Å². The summed E-state index contributed by atoms with van der Waals surface area (Å²) >= 11 is 0. The van der Waals surface area contributed by atoms with Crippen LogP contribution in [-0.4, -0.2) is 48.3 Å². The summed E-state index contributed by atoms with van der Waals surface area (Å²) < 4.78 is 10.7. The molecule has 0 aliphatic carbocycles. The lowest BCUT2D eigenvalue weighted by Crippen LogP contribution is -2.46. The second-order valence-electron chi connectivity index (χ2n) is 7.79. The largest absolute Gasteiger partial charge is 0.504 e. The number of benzene rings is 1. The maximum atomic E-state index is 11.9. The molecule has 0 radical (unpaired) electrons. The monoisotopic (exact) mass is 384 g/mol. The number of carbonyl (C=O) groups is 1. The summed E-state index contributed by atoms with van der Waals surface area (Å²) in [5.41, 5.74) is 4.00. The Kier molecular flexibility index (Phi) is 5.06. The van der Waals surface area contributed by atoms with Crippen molar-refractivity contribution in [2.75, 3.05) is 27.3 Å². The number of hydrogen-bond donors (Lipinski definition) is 2. The van der Waals surface area contributed by atoms with Gasteiger partial charge in [0.2, 0.25) is 0 Å². The molecule has 6 nitrogen and oxygen atoms in total. The van der Waals surface area contributed by atoms with Gasteiger partial charge in [-0.05, 0) is 42.4 Å². The van der Waals surface area contributed by atoms with Crippen LogP contribution in [0.25, 0.3) is 10.9 Å². The lowest BCUT2D eigenvalue weighted by molar-refractivity contribution is -0.134. The smallest absolute Gasteiger partial charge is 0.334 e. The molecular formula is C22H28N2O4. The number of aliphatic carboxylic acids is 1. The number of carboxylic acid groups (broad SMARTS) is 1. The summed E-state index contributed by atoms with van der Waals surface area (Å²) in [6.45, 7) is 4.04. The Morgan fingerprint density at radius 2 is 2.21 bits per heavy atom. The quantitative estimate of drug-likeness (QED) is 0.607. The zero-order valence-electron chi connectivity index (χ0n) is 16.7. The van der Waals surface area contributed by atoms with Crippen molar-refractivity contribution >= 4 is 16.9 Å². The van der Waals surface area contributed by atoms with E-state index in [-0.39, 0.29) is 12.0 Å². The number of carboxylic acids is 1. The second-order valence-corrected chi connectivity index (χ2v) is 7.79. The van der Waals surface area contributed by atoms with Crippen LogP contribution in [0.4, 0.5) is 0 Å². The molecule has 150 valence electrons. The fourth-order valence-electron chi connectivity index (χ4n) is 5.17. The first-order chi connectivity index (χ1) is 13.6. The molecule has 1 aromatic carbocycles. The molecule has 6 heteroatoms. The van der Waals surface area contributed by atoms with E-state index < -0.39 is 5.97 Å². The van der Waals surface area contributed by atoms with Crippen molar-refractivity contribution in [3.63, 3.8) is 0 Å². The van der Waals surface area contributed by atoms with Gasteiger partial charge in [0.15, 0.2) is 0 Å². The van der Waals surface area contributed by atoms with Crippen LogP contribution in [0.1, 0.15) is 37.1 Å². The van der Waals surface area contributed by atoms with Crippen molar-refractivity contribution in [3.05, 3.63) is 41.3 Å². The molecule has 3 atom stereocenters. The number of H-pyrrole nitrogens is 1. The van der Waals surface area contributed by atoms with Gasteiger partial charge in [-0.2, -0.15) is 0 Å². The van der Waals surface area contributed by atoms with E-state index in [4.69, 9.17) is 9.47 Å². The van der Waals surface area contributed by atoms with E-state index in [1.54, 1.807) is 7.11 Å². The fourth-order valence-corrected chi connectivity index (χ4v) is 5.17. The number of methoxy groups -OCH3 is 2. The maximum absolute atomic E-state index is 11.9. The van der Waals surface area contributed by atoms with Crippen molar-refractivity contribution in [2.45, 2.75) is 32.2 Å². The van der Waals surface area contributed by atoms with E-state index >= 15 is 0 Å². The summed E-state index contributed by atoms with van der Waals surface area (Å²) in [6.07, 6.45) is 4.13. The molecule has 0 spiro atoms. The van der Waals surface area contributed by atoms with Crippen LogP contribution in [0, 0.1) is 11.8 Å². The van der Waals surface area contributed by atoms with E-state index in [0.29, 0.717) is 11.5 Å². The minimum absolute atomic E-state index is 0.0250. The highest BCUT2D eigenvalue weighted by Gasteiger charge is 2.42. The predicted octanol–water partition coefficient (Wildman–Crippen LogP) is 3.74. The molecule has 2 aromatic rings. The van der Waals surface area contributed by atoms with E-state index in [1.807, 2.05) is 12.1 Å². The standard InChI is InChI=1S/C22H28N2O4/c1-4-13-11-24-9-8-14-20-17(6-5-7-19(20)28-3)23-21(14)18(24)10-15(13)16(12-27-2)22(25)26/h5-7,12-13,15,18,23H,4,8-11H2,1-3H3,(H,25,26)/b16-12+/t13-,15+,18?/m1/s1. The van der Waals surface area contributed by atoms with Gasteiger partial charge < -0.3 is 19.6 Å². The van der Waals surface area contributed by atoms with Crippen molar-refractivity contribution in [1.82, 2.24) is 9.88 Å². The molecule has 1 fully saturated rings. The molecule has 3 heterocycles. The van der Waals surface area contributed by atoms with Crippen LogP contribution in [-0.2, 0) is 16.0 Å². The molecular weight excluding hydrogens is 356 g/mol. The van der Waals surface area contributed by atoms with Crippen molar-refractivity contribution in [1.29, 1.82) is 0 Å². The molecule has 28 heavy (non-hydrogen) atoms. The van der Waals surface area contributed by atoms with Crippen LogP contribution in [0.5, 0.6) is 5.75 Å². The highest BCUT2D eigenvalue weighted by Crippen LogP contribution is 2.46. The summed E-state index contributed by atoms with van der Waals surface area (Å²) in [5.74, 6) is 0.304. The molecule has 1 aromatic heterocycles. The third kappa shape index (κ3) is 2.96. The van der Waals surface area contributed by atoms with Gasteiger partial charge >= 0.3 is 5.97 Å². The molecule has 0 amide bonds. The molecule has 1 unspecified atom stereocenters. The number of nitrogens with zero attached hydrogens (tertiary/aromatic N) is 1. The number of hydrogen-bond acceptors (Lipinski definition) is 4. The second kappa shape index (κ2) is 7.51. The number of fused-ring (bicyclic) bond motifs is 5. The number of nitrogens with one attached hydrogen (secondary N) is 1. The number of aromatic nitrogens is 1. The first kappa shape index (κ1) is 18.9. The Morgan fingerprint density at radius 3 is 2.89 bits per heavy atom. The zero-order valence-corrected chi connectivity index (χ0v) is 16.7. The molecule has 2 aliphatic heterocycles. The molecule has 0 saturated carbocycles. The molecule has 0 bridgehead atoms. The zero-order chi connectivity index (χ0) is 19.8. The third-order valence-corrected chi connectivity index (χ3v) is 6.50. The third-order valence-electron chi connectivity index (χ3n) is 6.50. The van der Waals surface area contributed by atoms with Gasteiger partial charge in [0.25, 0.3) is 0 Å². The lowest BCUT2D eigenvalue weighted by Gasteiger charge is -2.46. The molecule has 2 N–H and O–H groups in total. The highest BCUT2D eigenvalue weighted by molar-refractivity contribution is 5.91. The topological polar surface area (TPSA) is 74.8 Å². The minimum atomic E-state index is -0.881. The van der Waals surface area contributed by atoms with Gasteiger partial charge in [-0.25, -0.2) is 4.79 Å². The lowest BCUT2D eigenvalue weighted by atomic mass is 9.74. The van der Waals surface area contributed by atoms with Gasteiger partial charge in [0, 0.05) is 29.7 Å². The Morgan fingerprint density at radius 1 is 1.39 bits per heavy atom. The molecule has 2 aliphatic rings. The Hall–Kier alpha value is -2.47. The normalized spacial score (nSPS) is 25.2. The average molecular weight is 384 g/mol. The predicted molar refractivity (Wildman–Crippen MR) is 107 cm³/mol. The van der Waals surface area contributed by atoms with E-state index in [9.17, 15) is 9.90 Å². The van der Waals surface area contributed by atoms with Crippen LogP contribution in [0.3, 0.4) is 0 Å². The fraction of sp³-hybridized carbons (Fsp3) is 0.500. The highest BCUT2D eigenvalue weighted by atomic mass is 16.5. The Labute approximate surface area is 165 Å². The first-order valence-electron chi connectivity index (χ1n) is 9.96. The van der Waals surface area contributed by atoms with E-state index in [0.717, 1.165) is 43.6 Å². The van der Waals surface area contributed by atoms with Crippen LogP contribution in [0.2, 0.25) is 0 Å². The van der Waals surface area contributed by atoms with E-state index in [2.05, 4.69) is 22.9 Å². The molecule has 1 saturated heterocycles. The Bertz CT molecular complexity index is 917. The van der Waals surface area contributed by atoms with Crippen LogP contribution < -0.4 is 4.74 Å². The summed E-state index contributed by atoms with van der Waals surface area (Å²) in [6, 6.07) is 6.28. The maximum Gasteiger partial charge on any atom is 0.334 e. The summed E-state index contributed by atoms with van der Waals surface area (Å²) in [7, 11) is 3.22. The van der Waals surface area contributed by atoms with Gasteiger partial charge in [0.05, 0.1) is 32.1 Å². The van der Waals surface area contributed by atoms with Gasteiger partial charge in [0.1, 0.15) is 5.75 Å². The first-order valence-corrected chi connectivity index (χ1v) is 9.96. The van der Waals surface area contributed by atoms with Gasteiger partial charge in [-0.15, -0.1) is 0 Å². The number of ether oxygens (including phenoxy) is 2. The number of aromatic amines is 1. The summed E-state index contributed by atoms with van der Waals surface area (Å²) in [4.78, 5) is 18.0. The number of piperidine rings is 1. The van der Waals surface area contributed by atoms with Gasteiger partial charge in [-0.1, -0.05) is 19.4 Å². The summed E-state index contributed by atoms with van der Waals surface area (Å²) in [5, 5.41) is 10.9.